The number of benzene rings is 1. The summed E-state index contributed by atoms with van der Waals surface area (Å²) in [5.41, 5.74) is 6.46. The highest BCUT2D eigenvalue weighted by atomic mass is 16.5. The molecular formula is C13H22N2O2. The standard InChI is InChI=1S/C13H22N2O2/c1-5-17-11-8-6-7-10(12(11)16)9-13(2,14)15(3)4/h6-8,16H,5,9,14H2,1-4H3. The van der Waals surface area contributed by atoms with Gasteiger partial charge in [-0.1, -0.05) is 12.1 Å². The Morgan fingerprint density at radius 2 is 2.06 bits per heavy atom. The molecule has 0 bridgehead atoms. The van der Waals surface area contributed by atoms with Gasteiger partial charge in [0, 0.05) is 12.0 Å². The molecule has 0 spiro atoms. The average molecular weight is 238 g/mol. The summed E-state index contributed by atoms with van der Waals surface area (Å²) in [4.78, 5) is 1.93. The normalized spacial score (nSPS) is 14.7. The molecule has 1 aromatic carbocycles. The molecule has 0 aliphatic rings. The second kappa shape index (κ2) is 5.38. The Bertz CT molecular complexity index is 376. The summed E-state index contributed by atoms with van der Waals surface area (Å²) in [5, 5.41) is 10.1. The van der Waals surface area contributed by atoms with Crippen LogP contribution in [0.5, 0.6) is 11.5 Å². The van der Waals surface area contributed by atoms with Crippen molar-refractivity contribution in [3.8, 4) is 11.5 Å². The van der Waals surface area contributed by atoms with Gasteiger partial charge in [-0.05, 0) is 34.0 Å². The van der Waals surface area contributed by atoms with Gasteiger partial charge < -0.3 is 15.6 Å². The second-order valence-corrected chi connectivity index (χ2v) is 4.63. The summed E-state index contributed by atoms with van der Waals surface area (Å²) in [6.45, 7) is 4.35. The van der Waals surface area contributed by atoms with Crippen molar-refractivity contribution in [1.82, 2.24) is 4.90 Å². The first-order valence-electron chi connectivity index (χ1n) is 5.78. The molecule has 0 amide bonds. The van der Waals surface area contributed by atoms with Crippen LogP contribution in [-0.4, -0.2) is 36.4 Å². The van der Waals surface area contributed by atoms with Crippen molar-refractivity contribution in [2.45, 2.75) is 25.9 Å². The van der Waals surface area contributed by atoms with Gasteiger partial charge in [0.25, 0.3) is 0 Å². The Hall–Kier alpha value is -1.26. The van der Waals surface area contributed by atoms with E-state index in [9.17, 15) is 5.11 Å². The zero-order valence-electron chi connectivity index (χ0n) is 11.0. The van der Waals surface area contributed by atoms with E-state index >= 15 is 0 Å². The second-order valence-electron chi connectivity index (χ2n) is 4.63. The van der Waals surface area contributed by atoms with Crippen LogP contribution in [-0.2, 0) is 6.42 Å². The van der Waals surface area contributed by atoms with Gasteiger partial charge in [-0.25, -0.2) is 0 Å². The van der Waals surface area contributed by atoms with Crippen LogP contribution in [0.15, 0.2) is 18.2 Å². The number of nitrogens with two attached hydrogens (primary N) is 1. The van der Waals surface area contributed by atoms with Gasteiger partial charge in [0.1, 0.15) is 0 Å². The topological polar surface area (TPSA) is 58.7 Å². The summed E-state index contributed by atoms with van der Waals surface area (Å²) in [7, 11) is 3.84. The van der Waals surface area contributed by atoms with Crippen LogP contribution in [0.3, 0.4) is 0 Å². The molecule has 0 aliphatic heterocycles. The minimum absolute atomic E-state index is 0.188. The van der Waals surface area contributed by atoms with E-state index < -0.39 is 5.66 Å². The number of hydrogen-bond donors (Lipinski definition) is 2. The highest BCUT2D eigenvalue weighted by Crippen LogP contribution is 2.31. The molecule has 0 aromatic heterocycles. The van der Waals surface area contributed by atoms with E-state index in [1.807, 2.05) is 45.0 Å². The largest absolute Gasteiger partial charge is 0.504 e. The third-order valence-electron chi connectivity index (χ3n) is 2.95. The first-order chi connectivity index (χ1) is 7.88. The first-order valence-corrected chi connectivity index (χ1v) is 5.78. The van der Waals surface area contributed by atoms with Crippen LogP contribution in [0.25, 0.3) is 0 Å². The molecule has 1 aromatic rings. The maximum Gasteiger partial charge on any atom is 0.161 e. The highest BCUT2D eigenvalue weighted by molar-refractivity contribution is 5.46. The molecule has 0 saturated heterocycles. The third kappa shape index (κ3) is 3.35. The quantitative estimate of drug-likeness (QED) is 0.764. The van der Waals surface area contributed by atoms with E-state index in [1.54, 1.807) is 6.07 Å². The number of likely N-dealkylation sites (N-methyl/N-ethyl adjacent to an activating group) is 1. The predicted octanol–water partition coefficient (Wildman–Crippen LogP) is 1.57. The molecule has 3 N–H and O–H groups in total. The molecule has 17 heavy (non-hydrogen) atoms. The molecule has 1 rings (SSSR count). The molecule has 4 heteroatoms. The SMILES string of the molecule is CCOc1cccc(CC(C)(N)N(C)C)c1O. The van der Waals surface area contributed by atoms with Crippen LogP contribution < -0.4 is 10.5 Å². The lowest BCUT2D eigenvalue weighted by molar-refractivity contribution is 0.178. The zero-order valence-corrected chi connectivity index (χ0v) is 11.0. The van der Waals surface area contributed by atoms with Crippen LogP contribution in [0.1, 0.15) is 19.4 Å². The molecule has 1 atom stereocenters. The molecule has 0 heterocycles. The van der Waals surface area contributed by atoms with E-state index in [4.69, 9.17) is 10.5 Å². The lowest BCUT2D eigenvalue weighted by atomic mass is 10.00. The number of rotatable bonds is 5. The van der Waals surface area contributed by atoms with E-state index in [2.05, 4.69) is 0 Å². The molecule has 4 nitrogen and oxygen atoms in total. The Kier molecular flexibility index (Phi) is 4.37. The summed E-state index contributed by atoms with van der Waals surface area (Å²) >= 11 is 0. The van der Waals surface area contributed by atoms with E-state index in [0.29, 0.717) is 18.8 Å². The smallest absolute Gasteiger partial charge is 0.161 e. The molecule has 0 radical (unpaired) electrons. The molecule has 96 valence electrons. The molecule has 0 aliphatic carbocycles. The number of aromatic hydroxyl groups is 1. The van der Waals surface area contributed by atoms with Crippen LogP contribution in [0.4, 0.5) is 0 Å². The molecule has 0 fully saturated rings. The van der Waals surface area contributed by atoms with Crippen molar-refractivity contribution < 1.29 is 9.84 Å². The number of hydrogen-bond acceptors (Lipinski definition) is 4. The number of para-hydroxylation sites is 1. The average Bonchev–Trinajstić information content (AvgIpc) is 2.24. The van der Waals surface area contributed by atoms with Gasteiger partial charge >= 0.3 is 0 Å². The lowest BCUT2D eigenvalue weighted by Gasteiger charge is -2.32. The predicted molar refractivity (Wildman–Crippen MR) is 69.3 cm³/mol. The van der Waals surface area contributed by atoms with Crippen LogP contribution >= 0.6 is 0 Å². The van der Waals surface area contributed by atoms with Crippen LogP contribution in [0.2, 0.25) is 0 Å². The number of ether oxygens (including phenoxy) is 1. The van der Waals surface area contributed by atoms with Crippen LogP contribution in [0, 0.1) is 0 Å². The first kappa shape index (κ1) is 13.8. The number of phenolic OH excluding ortho intramolecular Hbond substituents is 1. The maximum absolute atomic E-state index is 10.1. The Morgan fingerprint density at radius 1 is 1.41 bits per heavy atom. The van der Waals surface area contributed by atoms with Gasteiger partial charge in [0.15, 0.2) is 11.5 Å². The summed E-state index contributed by atoms with van der Waals surface area (Å²) in [6, 6.07) is 5.49. The van der Waals surface area contributed by atoms with Crippen molar-refractivity contribution in [2.75, 3.05) is 20.7 Å². The van der Waals surface area contributed by atoms with Gasteiger partial charge in [-0.3, -0.25) is 4.90 Å². The fourth-order valence-electron chi connectivity index (χ4n) is 1.53. The minimum atomic E-state index is -0.498. The fraction of sp³-hybridized carbons (Fsp3) is 0.538. The minimum Gasteiger partial charge on any atom is -0.504 e. The summed E-state index contributed by atoms with van der Waals surface area (Å²) in [5.74, 6) is 0.701. The number of nitrogens with zero attached hydrogens (tertiary/aromatic N) is 1. The zero-order chi connectivity index (χ0) is 13.1. The molecule has 1 unspecified atom stereocenters. The monoisotopic (exact) mass is 238 g/mol. The van der Waals surface area contributed by atoms with Gasteiger partial charge in [0.2, 0.25) is 0 Å². The third-order valence-corrected chi connectivity index (χ3v) is 2.95. The van der Waals surface area contributed by atoms with Crippen molar-refractivity contribution in [3.05, 3.63) is 23.8 Å². The summed E-state index contributed by atoms with van der Waals surface area (Å²) < 4.78 is 5.35. The van der Waals surface area contributed by atoms with Crippen molar-refractivity contribution in [1.29, 1.82) is 0 Å². The summed E-state index contributed by atoms with van der Waals surface area (Å²) in [6.07, 6.45) is 0.562. The maximum atomic E-state index is 10.1. The van der Waals surface area contributed by atoms with E-state index in [0.717, 1.165) is 5.56 Å². The van der Waals surface area contributed by atoms with E-state index in [1.165, 1.54) is 0 Å². The molecule has 0 saturated carbocycles. The van der Waals surface area contributed by atoms with Crippen molar-refractivity contribution in [2.24, 2.45) is 5.73 Å². The van der Waals surface area contributed by atoms with Crippen molar-refractivity contribution >= 4 is 0 Å². The van der Waals surface area contributed by atoms with Crippen molar-refractivity contribution in [3.63, 3.8) is 0 Å². The highest BCUT2D eigenvalue weighted by Gasteiger charge is 2.23. The fourth-order valence-corrected chi connectivity index (χ4v) is 1.53. The Morgan fingerprint density at radius 3 is 2.59 bits per heavy atom. The lowest BCUT2D eigenvalue weighted by Crippen LogP contribution is -2.51. The van der Waals surface area contributed by atoms with Gasteiger partial charge in [-0.2, -0.15) is 0 Å². The Labute approximate surface area is 103 Å². The Balaban J connectivity index is 2.96. The van der Waals surface area contributed by atoms with Gasteiger partial charge in [-0.15, -0.1) is 0 Å². The van der Waals surface area contributed by atoms with E-state index in [-0.39, 0.29) is 5.75 Å². The van der Waals surface area contributed by atoms with Gasteiger partial charge in [0.05, 0.1) is 12.3 Å². The number of phenols is 1. The molecular weight excluding hydrogens is 216 g/mol.